The van der Waals surface area contributed by atoms with Crippen molar-refractivity contribution in [2.45, 2.75) is 13.2 Å². The number of halogens is 5. The second-order valence-electron chi connectivity index (χ2n) is 6.14. The normalized spacial score (nSPS) is 10.9. The van der Waals surface area contributed by atoms with Gasteiger partial charge in [-0.1, -0.05) is 12.1 Å². The van der Waals surface area contributed by atoms with E-state index in [0.717, 1.165) is 24.3 Å². The van der Waals surface area contributed by atoms with E-state index in [1.807, 2.05) is 0 Å². The van der Waals surface area contributed by atoms with Crippen LogP contribution >= 0.6 is 0 Å². The fourth-order valence-corrected chi connectivity index (χ4v) is 2.83. The van der Waals surface area contributed by atoms with E-state index in [4.69, 9.17) is 0 Å². The minimum absolute atomic E-state index is 0.0410. The van der Waals surface area contributed by atoms with Crippen molar-refractivity contribution in [1.82, 2.24) is 0 Å². The second-order valence-corrected chi connectivity index (χ2v) is 6.14. The highest BCUT2D eigenvalue weighted by Crippen LogP contribution is 2.33. The van der Waals surface area contributed by atoms with Crippen LogP contribution in [0.4, 0.5) is 33.3 Å². The third kappa shape index (κ3) is 4.68. The first-order valence-electron chi connectivity index (χ1n) is 8.54. The smallest absolute Gasteiger partial charge is 0.387 e. The number of anilines is 2. The summed E-state index contributed by atoms with van der Waals surface area (Å²) in [4.78, 5) is 12.5. The average molecular weight is 423 g/mol. The maximum Gasteiger partial charge on any atom is 0.387 e. The Balaban J connectivity index is 2.09. The summed E-state index contributed by atoms with van der Waals surface area (Å²) in [6.07, 6.45) is 0. The van der Waals surface area contributed by atoms with Gasteiger partial charge in [0.15, 0.2) is 11.6 Å². The van der Waals surface area contributed by atoms with Gasteiger partial charge in [-0.2, -0.15) is 8.78 Å². The molecule has 0 aromatic heterocycles. The van der Waals surface area contributed by atoms with Crippen LogP contribution in [0.25, 0.3) is 0 Å². The molecule has 0 radical (unpaired) electrons. The summed E-state index contributed by atoms with van der Waals surface area (Å²) in [5, 5.41) is 9.22. The Morgan fingerprint density at radius 3 is 2.13 bits per heavy atom. The predicted molar refractivity (Wildman–Crippen MR) is 98.6 cm³/mol. The predicted octanol–water partition coefficient (Wildman–Crippen LogP) is 5.74. The zero-order valence-electron chi connectivity index (χ0n) is 15.2. The Hall–Kier alpha value is -3.62. The first-order chi connectivity index (χ1) is 14.3. The molecule has 0 saturated heterocycles. The molecule has 0 amide bonds. The van der Waals surface area contributed by atoms with E-state index >= 15 is 0 Å². The number of carbonyl (C=O) groups is 1. The van der Waals surface area contributed by atoms with E-state index < -0.39 is 42.3 Å². The number of rotatable bonds is 7. The highest BCUT2D eigenvalue weighted by atomic mass is 19.3. The Kier molecular flexibility index (Phi) is 6.20. The molecular weight excluding hydrogens is 409 g/mol. The minimum Gasteiger partial charge on any atom is -0.478 e. The second kappa shape index (κ2) is 8.81. The molecule has 3 aromatic rings. The molecule has 0 aliphatic heterocycles. The van der Waals surface area contributed by atoms with Crippen molar-refractivity contribution >= 4 is 17.3 Å². The van der Waals surface area contributed by atoms with Gasteiger partial charge in [-0.3, -0.25) is 0 Å². The van der Waals surface area contributed by atoms with Crippen LogP contribution in [0.2, 0.25) is 0 Å². The number of aromatic carboxylic acids is 1. The number of nitrogens with zero attached hydrogens (tertiary/aromatic N) is 1. The molecule has 0 unspecified atom stereocenters. The van der Waals surface area contributed by atoms with Crippen molar-refractivity contribution in [3.05, 3.63) is 89.2 Å². The summed E-state index contributed by atoms with van der Waals surface area (Å²) < 4.78 is 71.5. The molecule has 0 bridgehead atoms. The molecule has 0 atom stereocenters. The van der Waals surface area contributed by atoms with Crippen LogP contribution in [0.1, 0.15) is 15.9 Å². The van der Waals surface area contributed by atoms with E-state index in [-0.39, 0.29) is 22.5 Å². The largest absolute Gasteiger partial charge is 0.478 e. The lowest BCUT2D eigenvalue weighted by Crippen LogP contribution is -2.19. The van der Waals surface area contributed by atoms with Gasteiger partial charge in [0, 0.05) is 23.0 Å². The molecule has 30 heavy (non-hydrogen) atoms. The fraction of sp³-hybridized carbons (Fsp3) is 0.0952. The molecule has 0 fully saturated rings. The van der Waals surface area contributed by atoms with Gasteiger partial charge in [-0.25, -0.2) is 18.0 Å². The van der Waals surface area contributed by atoms with E-state index in [1.54, 1.807) is 0 Å². The summed E-state index contributed by atoms with van der Waals surface area (Å²) in [5.74, 6) is -4.77. The Morgan fingerprint density at radius 2 is 1.53 bits per heavy atom. The van der Waals surface area contributed by atoms with Gasteiger partial charge in [0.2, 0.25) is 0 Å². The lowest BCUT2D eigenvalue weighted by molar-refractivity contribution is -0.0521. The molecule has 0 aliphatic rings. The third-order valence-electron chi connectivity index (χ3n) is 4.23. The standard InChI is InChI=1S/C21H14F5NO3/c22-16-5-2-6-17(23)15(16)11-27(13-4-1-3-12(9-13)20(28)29)14-7-8-19(18(24)10-14)30-21(25)26/h1-10,21H,11H2,(H,28,29). The molecule has 3 rings (SSSR count). The van der Waals surface area contributed by atoms with Crippen molar-refractivity contribution in [2.75, 3.05) is 4.90 Å². The number of benzene rings is 3. The van der Waals surface area contributed by atoms with Gasteiger partial charge >= 0.3 is 12.6 Å². The highest BCUT2D eigenvalue weighted by Gasteiger charge is 2.19. The van der Waals surface area contributed by atoms with Crippen LogP contribution < -0.4 is 9.64 Å². The van der Waals surface area contributed by atoms with Crippen LogP contribution in [-0.4, -0.2) is 17.7 Å². The first kappa shape index (κ1) is 21.1. The molecule has 0 saturated carbocycles. The number of hydrogen-bond acceptors (Lipinski definition) is 3. The summed E-state index contributed by atoms with van der Waals surface area (Å²) in [5.41, 5.74) is -0.213. The Labute approximate surface area is 167 Å². The number of ether oxygens (including phenoxy) is 1. The van der Waals surface area contributed by atoms with Gasteiger partial charge in [0.1, 0.15) is 11.6 Å². The number of carboxylic acid groups (broad SMARTS) is 1. The van der Waals surface area contributed by atoms with Crippen molar-refractivity contribution in [3.63, 3.8) is 0 Å². The SMILES string of the molecule is O=C(O)c1cccc(N(Cc2c(F)cccc2F)c2ccc(OC(F)F)c(F)c2)c1. The van der Waals surface area contributed by atoms with Crippen molar-refractivity contribution in [1.29, 1.82) is 0 Å². The zero-order chi connectivity index (χ0) is 21.8. The molecule has 3 aromatic carbocycles. The molecule has 4 nitrogen and oxygen atoms in total. The quantitative estimate of drug-likeness (QED) is 0.493. The molecule has 9 heteroatoms. The van der Waals surface area contributed by atoms with Crippen molar-refractivity contribution in [3.8, 4) is 5.75 Å². The lowest BCUT2D eigenvalue weighted by Gasteiger charge is -2.26. The fourth-order valence-electron chi connectivity index (χ4n) is 2.83. The maximum absolute atomic E-state index is 14.3. The zero-order valence-corrected chi connectivity index (χ0v) is 15.2. The monoisotopic (exact) mass is 423 g/mol. The number of hydrogen-bond donors (Lipinski definition) is 1. The minimum atomic E-state index is -3.23. The summed E-state index contributed by atoms with van der Waals surface area (Å²) in [6.45, 7) is -3.66. The molecule has 0 aliphatic carbocycles. The Bertz CT molecular complexity index is 1050. The van der Waals surface area contributed by atoms with Gasteiger partial charge in [0.25, 0.3) is 0 Å². The molecule has 156 valence electrons. The summed E-state index contributed by atoms with van der Waals surface area (Å²) >= 11 is 0. The third-order valence-corrected chi connectivity index (χ3v) is 4.23. The highest BCUT2D eigenvalue weighted by molar-refractivity contribution is 5.89. The van der Waals surface area contributed by atoms with Crippen LogP contribution in [0, 0.1) is 17.5 Å². The molecule has 0 spiro atoms. The molecular formula is C21H14F5NO3. The lowest BCUT2D eigenvalue weighted by atomic mass is 10.1. The summed E-state index contributed by atoms with van der Waals surface area (Å²) in [6, 6.07) is 11.7. The average Bonchev–Trinajstić information content (AvgIpc) is 2.69. The summed E-state index contributed by atoms with van der Waals surface area (Å²) in [7, 11) is 0. The van der Waals surface area contributed by atoms with Gasteiger partial charge in [-0.15, -0.1) is 0 Å². The van der Waals surface area contributed by atoms with Gasteiger partial charge in [0.05, 0.1) is 12.1 Å². The van der Waals surface area contributed by atoms with Crippen LogP contribution in [0.5, 0.6) is 5.75 Å². The van der Waals surface area contributed by atoms with E-state index in [9.17, 15) is 31.9 Å². The molecule has 0 heterocycles. The number of carboxylic acids is 1. The maximum atomic E-state index is 14.3. The van der Waals surface area contributed by atoms with Gasteiger partial charge in [-0.05, 0) is 42.5 Å². The van der Waals surface area contributed by atoms with Gasteiger partial charge < -0.3 is 14.7 Å². The Morgan fingerprint density at radius 1 is 0.900 bits per heavy atom. The number of alkyl halides is 2. The van der Waals surface area contributed by atoms with E-state index in [2.05, 4.69) is 4.74 Å². The topological polar surface area (TPSA) is 49.8 Å². The van der Waals surface area contributed by atoms with Crippen molar-refractivity contribution < 1.29 is 36.6 Å². The van der Waals surface area contributed by atoms with Crippen LogP contribution in [-0.2, 0) is 6.54 Å². The van der Waals surface area contributed by atoms with Crippen LogP contribution in [0.3, 0.4) is 0 Å². The first-order valence-corrected chi connectivity index (χ1v) is 8.54. The van der Waals surface area contributed by atoms with Crippen molar-refractivity contribution in [2.24, 2.45) is 0 Å². The van der Waals surface area contributed by atoms with E-state index in [1.165, 1.54) is 41.3 Å². The van der Waals surface area contributed by atoms with Crippen LogP contribution in [0.15, 0.2) is 60.7 Å². The molecule has 1 N–H and O–H groups in total. The van der Waals surface area contributed by atoms with E-state index in [0.29, 0.717) is 0 Å².